The Labute approximate surface area is 120 Å². The number of carbonyl (C=O) groups excluding carboxylic acids is 1. The van der Waals surface area contributed by atoms with Gasteiger partial charge in [0.25, 0.3) is 0 Å². The van der Waals surface area contributed by atoms with Gasteiger partial charge in [0.2, 0.25) is 5.91 Å². The van der Waals surface area contributed by atoms with E-state index in [-0.39, 0.29) is 24.7 Å². The van der Waals surface area contributed by atoms with Crippen LogP contribution >= 0.6 is 0 Å². The van der Waals surface area contributed by atoms with Crippen LogP contribution in [0.25, 0.3) is 0 Å². The molecule has 1 aliphatic heterocycles. The van der Waals surface area contributed by atoms with Crippen LogP contribution < -0.4 is 10.6 Å². The number of benzene rings is 1. The van der Waals surface area contributed by atoms with Gasteiger partial charge >= 0.3 is 0 Å². The summed E-state index contributed by atoms with van der Waals surface area (Å²) in [4.78, 5) is 11.9. The van der Waals surface area contributed by atoms with Gasteiger partial charge in [-0.05, 0) is 45.3 Å². The fourth-order valence-corrected chi connectivity index (χ4v) is 2.46. The minimum absolute atomic E-state index is 0.0130. The van der Waals surface area contributed by atoms with E-state index in [2.05, 4.69) is 29.7 Å². The maximum absolute atomic E-state index is 11.9. The van der Waals surface area contributed by atoms with Gasteiger partial charge in [0.1, 0.15) is 6.61 Å². The number of aryl methyl sites for hydroxylation is 1. The highest BCUT2D eigenvalue weighted by atomic mass is 16.5. The molecule has 4 heteroatoms. The molecule has 0 radical (unpaired) electrons. The van der Waals surface area contributed by atoms with Crippen LogP contribution in [0.3, 0.4) is 0 Å². The van der Waals surface area contributed by atoms with Gasteiger partial charge < -0.3 is 15.4 Å². The van der Waals surface area contributed by atoms with E-state index >= 15 is 0 Å². The zero-order chi connectivity index (χ0) is 14.4. The Morgan fingerprint density at radius 3 is 2.90 bits per heavy atom. The van der Waals surface area contributed by atoms with Crippen LogP contribution in [0, 0.1) is 6.92 Å². The van der Waals surface area contributed by atoms with Crippen molar-refractivity contribution in [2.45, 2.75) is 38.8 Å². The molecule has 1 atom stereocenters. The quantitative estimate of drug-likeness (QED) is 0.864. The molecule has 1 aliphatic rings. The zero-order valence-electron chi connectivity index (χ0n) is 12.3. The Morgan fingerprint density at radius 1 is 1.45 bits per heavy atom. The number of nitrogens with one attached hydrogen (secondary N) is 2. The first-order chi connectivity index (χ1) is 9.65. The smallest absolute Gasteiger partial charge is 0.246 e. The summed E-state index contributed by atoms with van der Waals surface area (Å²) in [7, 11) is 0. The molecule has 0 aromatic heterocycles. The predicted molar refractivity (Wildman–Crippen MR) is 79.6 cm³/mol. The summed E-state index contributed by atoms with van der Waals surface area (Å²) >= 11 is 0. The predicted octanol–water partition coefficient (Wildman–Crippen LogP) is 1.94. The van der Waals surface area contributed by atoms with Crippen molar-refractivity contribution in [2.24, 2.45) is 0 Å². The van der Waals surface area contributed by atoms with Gasteiger partial charge in [0.15, 0.2) is 0 Å². The molecule has 1 saturated heterocycles. The number of amides is 1. The summed E-state index contributed by atoms with van der Waals surface area (Å²) in [6.07, 6.45) is 2.19. The molecule has 2 rings (SSSR count). The van der Waals surface area contributed by atoms with Gasteiger partial charge in [0, 0.05) is 0 Å². The molecule has 1 heterocycles. The van der Waals surface area contributed by atoms with Crippen LogP contribution in [0.5, 0.6) is 0 Å². The number of ether oxygens (including phenoxy) is 1. The standard InChI is InChI=1S/C16H24N2O2/c1-12-4-3-5-14(10-12)13(2)18-16(19)11-20-15-6-8-17-9-7-15/h3-5,10,13,15,17H,6-9,11H2,1-2H3,(H,18,19)/t13-/m1/s1. The van der Waals surface area contributed by atoms with Crippen molar-refractivity contribution in [1.82, 2.24) is 10.6 Å². The molecular formula is C16H24N2O2. The Bertz CT molecular complexity index is 442. The van der Waals surface area contributed by atoms with Crippen molar-refractivity contribution < 1.29 is 9.53 Å². The van der Waals surface area contributed by atoms with Crippen LogP contribution in [0.15, 0.2) is 24.3 Å². The van der Waals surface area contributed by atoms with E-state index in [0.29, 0.717) is 0 Å². The molecule has 1 amide bonds. The van der Waals surface area contributed by atoms with Crippen molar-refractivity contribution >= 4 is 5.91 Å². The number of hydrogen-bond donors (Lipinski definition) is 2. The largest absolute Gasteiger partial charge is 0.368 e. The second kappa shape index (κ2) is 7.41. The Balaban J connectivity index is 1.76. The van der Waals surface area contributed by atoms with Crippen LogP contribution in [0.1, 0.15) is 36.9 Å². The maximum atomic E-state index is 11.9. The number of rotatable bonds is 5. The first kappa shape index (κ1) is 15.0. The molecule has 1 aromatic carbocycles. The summed E-state index contributed by atoms with van der Waals surface area (Å²) in [6.45, 7) is 6.16. The van der Waals surface area contributed by atoms with Gasteiger partial charge in [-0.1, -0.05) is 29.8 Å². The highest BCUT2D eigenvalue weighted by molar-refractivity contribution is 5.77. The molecule has 0 aliphatic carbocycles. The topological polar surface area (TPSA) is 50.4 Å². The lowest BCUT2D eigenvalue weighted by Crippen LogP contribution is -2.36. The average Bonchev–Trinajstić information content (AvgIpc) is 2.46. The monoisotopic (exact) mass is 276 g/mol. The first-order valence-corrected chi connectivity index (χ1v) is 7.33. The van der Waals surface area contributed by atoms with Crippen LogP contribution in [-0.4, -0.2) is 31.7 Å². The minimum atomic E-state index is -0.0439. The lowest BCUT2D eigenvalue weighted by molar-refractivity contribution is -0.128. The molecular weight excluding hydrogens is 252 g/mol. The van der Waals surface area contributed by atoms with Gasteiger partial charge in [-0.25, -0.2) is 0 Å². The van der Waals surface area contributed by atoms with Crippen molar-refractivity contribution in [3.63, 3.8) is 0 Å². The van der Waals surface area contributed by atoms with Crippen LogP contribution in [0.2, 0.25) is 0 Å². The molecule has 4 nitrogen and oxygen atoms in total. The van der Waals surface area contributed by atoms with Crippen LogP contribution in [0.4, 0.5) is 0 Å². The molecule has 0 saturated carbocycles. The molecule has 0 bridgehead atoms. The third-order valence-electron chi connectivity index (χ3n) is 3.66. The summed E-state index contributed by atoms with van der Waals surface area (Å²) in [6, 6.07) is 8.21. The van der Waals surface area contributed by atoms with Gasteiger partial charge in [-0.3, -0.25) is 4.79 Å². The second-order valence-electron chi connectivity index (χ2n) is 5.46. The van der Waals surface area contributed by atoms with Crippen molar-refractivity contribution in [2.75, 3.05) is 19.7 Å². The molecule has 1 fully saturated rings. The van der Waals surface area contributed by atoms with Crippen LogP contribution in [-0.2, 0) is 9.53 Å². The Morgan fingerprint density at radius 2 is 2.20 bits per heavy atom. The van der Waals surface area contributed by atoms with E-state index in [4.69, 9.17) is 4.74 Å². The Hall–Kier alpha value is -1.39. The molecule has 20 heavy (non-hydrogen) atoms. The number of carbonyl (C=O) groups is 1. The fraction of sp³-hybridized carbons (Fsp3) is 0.562. The van der Waals surface area contributed by atoms with E-state index < -0.39 is 0 Å². The third-order valence-corrected chi connectivity index (χ3v) is 3.66. The van der Waals surface area contributed by atoms with E-state index in [1.165, 1.54) is 5.56 Å². The highest BCUT2D eigenvalue weighted by Gasteiger charge is 2.16. The molecule has 2 N–H and O–H groups in total. The summed E-state index contributed by atoms with van der Waals surface area (Å²) in [5.74, 6) is -0.0439. The van der Waals surface area contributed by atoms with Crippen molar-refractivity contribution in [3.05, 3.63) is 35.4 Å². The summed E-state index contributed by atoms with van der Waals surface area (Å²) in [5, 5.41) is 6.26. The number of hydrogen-bond acceptors (Lipinski definition) is 3. The molecule has 0 spiro atoms. The van der Waals surface area contributed by atoms with E-state index in [9.17, 15) is 4.79 Å². The van der Waals surface area contributed by atoms with Crippen molar-refractivity contribution in [3.8, 4) is 0 Å². The fourth-order valence-electron chi connectivity index (χ4n) is 2.46. The van der Waals surface area contributed by atoms with E-state index in [1.54, 1.807) is 0 Å². The molecule has 0 unspecified atom stereocenters. The Kier molecular flexibility index (Phi) is 5.56. The first-order valence-electron chi connectivity index (χ1n) is 7.33. The molecule has 1 aromatic rings. The van der Waals surface area contributed by atoms with Gasteiger partial charge in [0.05, 0.1) is 12.1 Å². The average molecular weight is 276 g/mol. The lowest BCUT2D eigenvalue weighted by atomic mass is 10.1. The summed E-state index contributed by atoms with van der Waals surface area (Å²) < 4.78 is 5.65. The van der Waals surface area contributed by atoms with Crippen molar-refractivity contribution in [1.29, 1.82) is 0 Å². The minimum Gasteiger partial charge on any atom is -0.368 e. The number of piperidine rings is 1. The normalized spacial score (nSPS) is 17.7. The van der Waals surface area contributed by atoms with E-state index in [0.717, 1.165) is 31.5 Å². The SMILES string of the molecule is Cc1cccc([C@@H](C)NC(=O)COC2CCNCC2)c1. The molecule has 110 valence electrons. The zero-order valence-corrected chi connectivity index (χ0v) is 12.3. The van der Waals surface area contributed by atoms with Gasteiger partial charge in [-0.15, -0.1) is 0 Å². The van der Waals surface area contributed by atoms with Gasteiger partial charge in [-0.2, -0.15) is 0 Å². The van der Waals surface area contributed by atoms with E-state index in [1.807, 2.05) is 19.1 Å². The third kappa shape index (κ3) is 4.62. The lowest BCUT2D eigenvalue weighted by Gasteiger charge is -2.23. The second-order valence-corrected chi connectivity index (χ2v) is 5.46. The highest BCUT2D eigenvalue weighted by Crippen LogP contribution is 2.13. The maximum Gasteiger partial charge on any atom is 0.246 e. The summed E-state index contributed by atoms with van der Waals surface area (Å²) in [5.41, 5.74) is 2.33.